The van der Waals surface area contributed by atoms with Crippen LogP contribution in [0.15, 0.2) is 42.5 Å². The Bertz CT molecular complexity index is 655. The van der Waals surface area contributed by atoms with Crippen LogP contribution >= 0.6 is 0 Å². The van der Waals surface area contributed by atoms with Gasteiger partial charge in [-0.1, -0.05) is 35.9 Å². The third-order valence-corrected chi connectivity index (χ3v) is 3.34. The van der Waals surface area contributed by atoms with Gasteiger partial charge in [0.1, 0.15) is 5.82 Å². The van der Waals surface area contributed by atoms with E-state index in [1.165, 1.54) is 13.2 Å². The average Bonchev–Trinajstić information content (AvgIpc) is 2.48. The van der Waals surface area contributed by atoms with Crippen molar-refractivity contribution < 1.29 is 13.9 Å². The van der Waals surface area contributed by atoms with Gasteiger partial charge in [0.25, 0.3) is 0 Å². The zero-order chi connectivity index (χ0) is 15.4. The molecule has 0 spiro atoms. The highest BCUT2D eigenvalue weighted by Gasteiger charge is 2.25. The quantitative estimate of drug-likeness (QED) is 0.870. The number of nitrogens with one attached hydrogen (secondary N) is 1. The number of hydrogen-bond acceptors (Lipinski definition) is 3. The molecule has 0 aliphatic heterocycles. The van der Waals surface area contributed by atoms with Gasteiger partial charge in [-0.15, -0.1) is 0 Å². The lowest BCUT2D eigenvalue weighted by atomic mass is 10.0. The second-order valence-corrected chi connectivity index (χ2v) is 4.94. The number of aryl methyl sites for hydroxylation is 2. The van der Waals surface area contributed by atoms with Crippen LogP contribution in [0.25, 0.3) is 0 Å². The molecule has 2 aromatic rings. The summed E-state index contributed by atoms with van der Waals surface area (Å²) in [6.45, 7) is 3.77. The second kappa shape index (κ2) is 6.39. The first-order valence-corrected chi connectivity index (χ1v) is 6.69. The van der Waals surface area contributed by atoms with E-state index >= 15 is 0 Å². The van der Waals surface area contributed by atoms with Crippen molar-refractivity contribution in [1.82, 2.24) is 0 Å². The van der Waals surface area contributed by atoms with Crippen LogP contribution in [0.1, 0.15) is 22.7 Å². The largest absolute Gasteiger partial charge is 0.467 e. The third-order valence-electron chi connectivity index (χ3n) is 3.34. The molecule has 0 fully saturated rings. The molecule has 1 unspecified atom stereocenters. The summed E-state index contributed by atoms with van der Waals surface area (Å²) in [7, 11) is 1.29. The van der Waals surface area contributed by atoms with Crippen molar-refractivity contribution in [2.45, 2.75) is 19.9 Å². The molecule has 0 heterocycles. The average molecular weight is 287 g/mol. The van der Waals surface area contributed by atoms with E-state index in [1.807, 2.05) is 38.1 Å². The van der Waals surface area contributed by atoms with E-state index in [-0.39, 0.29) is 5.56 Å². The predicted octanol–water partition coefficient (Wildman–Crippen LogP) is 3.77. The Balaban J connectivity index is 2.42. The molecule has 1 atom stereocenters. The number of benzene rings is 2. The zero-order valence-electron chi connectivity index (χ0n) is 12.3. The molecule has 3 nitrogen and oxygen atoms in total. The number of ether oxygens (including phenoxy) is 1. The van der Waals surface area contributed by atoms with Gasteiger partial charge in [-0.2, -0.15) is 0 Å². The van der Waals surface area contributed by atoms with E-state index in [0.29, 0.717) is 0 Å². The summed E-state index contributed by atoms with van der Waals surface area (Å²) >= 11 is 0. The van der Waals surface area contributed by atoms with Crippen LogP contribution in [0.4, 0.5) is 10.1 Å². The van der Waals surface area contributed by atoms with Gasteiger partial charge in [-0.05, 0) is 31.5 Å². The molecule has 2 rings (SSSR count). The molecule has 4 heteroatoms. The highest BCUT2D eigenvalue weighted by Crippen LogP contribution is 2.26. The summed E-state index contributed by atoms with van der Waals surface area (Å²) < 4.78 is 18.9. The molecular weight excluding hydrogens is 269 g/mol. The van der Waals surface area contributed by atoms with Crippen LogP contribution in [-0.2, 0) is 9.53 Å². The Hall–Kier alpha value is -2.36. The van der Waals surface area contributed by atoms with Gasteiger partial charge in [0, 0.05) is 11.3 Å². The maximum absolute atomic E-state index is 14.1. The van der Waals surface area contributed by atoms with Crippen molar-refractivity contribution in [3.63, 3.8) is 0 Å². The number of carbonyl (C=O) groups excluding carboxylic acids is 1. The Kier molecular flexibility index (Phi) is 4.58. The fourth-order valence-corrected chi connectivity index (χ4v) is 2.16. The molecule has 0 radical (unpaired) electrons. The van der Waals surface area contributed by atoms with Crippen molar-refractivity contribution in [3.8, 4) is 0 Å². The highest BCUT2D eigenvalue weighted by atomic mass is 19.1. The number of hydrogen-bond donors (Lipinski definition) is 1. The summed E-state index contributed by atoms with van der Waals surface area (Å²) in [6, 6.07) is 11.3. The van der Waals surface area contributed by atoms with E-state index in [1.54, 1.807) is 12.1 Å². The maximum Gasteiger partial charge on any atom is 0.333 e. The Labute approximate surface area is 123 Å². The Morgan fingerprint density at radius 1 is 1.19 bits per heavy atom. The van der Waals surface area contributed by atoms with Crippen molar-refractivity contribution in [2.75, 3.05) is 12.4 Å². The molecule has 110 valence electrons. The molecule has 0 aliphatic rings. The van der Waals surface area contributed by atoms with Gasteiger partial charge in [0.2, 0.25) is 0 Å². The molecule has 0 saturated carbocycles. The zero-order valence-corrected chi connectivity index (χ0v) is 12.3. The molecule has 0 amide bonds. The lowest BCUT2D eigenvalue weighted by molar-refractivity contribution is -0.141. The molecule has 0 aliphatic carbocycles. The minimum atomic E-state index is -0.879. The smallest absolute Gasteiger partial charge is 0.333 e. The van der Waals surface area contributed by atoms with Crippen LogP contribution in [0, 0.1) is 19.7 Å². The van der Waals surface area contributed by atoms with E-state index < -0.39 is 17.8 Å². The van der Waals surface area contributed by atoms with Crippen molar-refractivity contribution in [3.05, 3.63) is 65.0 Å². The monoisotopic (exact) mass is 287 g/mol. The van der Waals surface area contributed by atoms with Gasteiger partial charge in [0.05, 0.1) is 7.11 Å². The van der Waals surface area contributed by atoms with Gasteiger partial charge in [-0.25, -0.2) is 9.18 Å². The van der Waals surface area contributed by atoms with E-state index in [9.17, 15) is 9.18 Å². The number of rotatable bonds is 4. The molecular formula is C17H18FNO2. The van der Waals surface area contributed by atoms with Gasteiger partial charge < -0.3 is 10.1 Å². The lowest BCUT2D eigenvalue weighted by Gasteiger charge is -2.20. The molecule has 0 bridgehead atoms. The number of esters is 1. The van der Waals surface area contributed by atoms with Gasteiger partial charge in [-0.3, -0.25) is 0 Å². The van der Waals surface area contributed by atoms with Crippen molar-refractivity contribution in [1.29, 1.82) is 0 Å². The minimum Gasteiger partial charge on any atom is -0.467 e. The topological polar surface area (TPSA) is 38.3 Å². The van der Waals surface area contributed by atoms with Crippen molar-refractivity contribution >= 4 is 11.7 Å². The molecule has 0 saturated heterocycles. The SMILES string of the molecule is COC(=O)C(Nc1ccccc1C)c1cc(C)ccc1F. The second-order valence-electron chi connectivity index (χ2n) is 4.94. The summed E-state index contributed by atoms with van der Waals surface area (Å²) in [5.41, 5.74) is 2.91. The minimum absolute atomic E-state index is 0.283. The van der Waals surface area contributed by atoms with Gasteiger partial charge >= 0.3 is 5.97 Å². The molecule has 2 aromatic carbocycles. The first-order chi connectivity index (χ1) is 10.0. The standard InChI is InChI=1S/C17H18FNO2/c1-11-8-9-14(18)13(10-11)16(17(20)21-3)19-15-7-5-4-6-12(15)2/h4-10,16,19H,1-3H3. The van der Waals surface area contributed by atoms with Crippen LogP contribution in [0.2, 0.25) is 0 Å². The van der Waals surface area contributed by atoms with Crippen LogP contribution in [-0.4, -0.2) is 13.1 Å². The third kappa shape index (κ3) is 3.40. The number of anilines is 1. The fourth-order valence-electron chi connectivity index (χ4n) is 2.16. The predicted molar refractivity (Wildman–Crippen MR) is 80.7 cm³/mol. The maximum atomic E-state index is 14.1. The fraction of sp³-hybridized carbons (Fsp3) is 0.235. The van der Waals surface area contributed by atoms with Crippen molar-refractivity contribution in [2.24, 2.45) is 0 Å². The van der Waals surface area contributed by atoms with E-state index in [4.69, 9.17) is 4.74 Å². The first kappa shape index (κ1) is 15.0. The van der Waals surface area contributed by atoms with Gasteiger partial charge in [0.15, 0.2) is 6.04 Å². The van der Waals surface area contributed by atoms with Crippen LogP contribution in [0.5, 0.6) is 0 Å². The highest BCUT2D eigenvalue weighted by molar-refractivity contribution is 5.81. The number of methoxy groups -OCH3 is 1. The first-order valence-electron chi connectivity index (χ1n) is 6.69. The molecule has 0 aromatic heterocycles. The number of halogens is 1. The Morgan fingerprint density at radius 2 is 1.90 bits per heavy atom. The summed E-state index contributed by atoms with van der Waals surface area (Å²) in [4.78, 5) is 12.0. The summed E-state index contributed by atoms with van der Waals surface area (Å²) in [5, 5.41) is 3.07. The summed E-state index contributed by atoms with van der Waals surface area (Å²) in [6.07, 6.45) is 0. The normalized spacial score (nSPS) is 11.8. The summed E-state index contributed by atoms with van der Waals surface area (Å²) in [5.74, 6) is -0.958. The van der Waals surface area contributed by atoms with E-state index in [0.717, 1.165) is 16.8 Å². The lowest BCUT2D eigenvalue weighted by Crippen LogP contribution is -2.24. The van der Waals surface area contributed by atoms with Crippen LogP contribution < -0.4 is 5.32 Å². The number of para-hydroxylation sites is 1. The Morgan fingerprint density at radius 3 is 2.57 bits per heavy atom. The molecule has 1 N–H and O–H groups in total. The number of carbonyl (C=O) groups is 1. The van der Waals surface area contributed by atoms with E-state index in [2.05, 4.69) is 5.32 Å². The molecule has 21 heavy (non-hydrogen) atoms. The van der Waals surface area contributed by atoms with Crippen LogP contribution in [0.3, 0.4) is 0 Å².